The van der Waals surface area contributed by atoms with Crippen LogP contribution in [0.1, 0.15) is 26.0 Å². The number of carbonyl (C=O) groups excluding carboxylic acids is 3. The Kier molecular flexibility index (Phi) is 7.46. The van der Waals surface area contributed by atoms with Gasteiger partial charge in [-0.05, 0) is 18.4 Å². The molecule has 0 aliphatic carbocycles. The lowest BCUT2D eigenvalue weighted by molar-refractivity contribution is -0.150. The van der Waals surface area contributed by atoms with Crippen molar-refractivity contribution in [2.24, 2.45) is 13.0 Å². The molecule has 0 spiro atoms. The molecular formula is C20H25N3O6. The van der Waals surface area contributed by atoms with E-state index in [1.807, 2.05) is 13.8 Å². The maximum Gasteiger partial charge on any atom is 0.328 e. The molecule has 1 aromatic heterocycles. The van der Waals surface area contributed by atoms with Gasteiger partial charge in [0.15, 0.2) is 6.61 Å². The first-order chi connectivity index (χ1) is 13.7. The molecule has 0 unspecified atom stereocenters. The van der Waals surface area contributed by atoms with E-state index in [-0.39, 0.29) is 17.9 Å². The van der Waals surface area contributed by atoms with Gasteiger partial charge in [0.25, 0.3) is 11.5 Å². The Morgan fingerprint density at radius 3 is 2.45 bits per heavy atom. The van der Waals surface area contributed by atoms with Crippen molar-refractivity contribution in [3.8, 4) is 0 Å². The fourth-order valence-corrected chi connectivity index (χ4v) is 2.90. The van der Waals surface area contributed by atoms with Gasteiger partial charge in [-0.15, -0.1) is 0 Å². The molecule has 0 saturated heterocycles. The first kappa shape index (κ1) is 22.1. The number of carbonyl (C=O) groups is 3. The largest absolute Gasteiger partial charge is 0.467 e. The van der Waals surface area contributed by atoms with Crippen LogP contribution < -0.4 is 10.9 Å². The molecular weight excluding hydrogens is 378 g/mol. The minimum Gasteiger partial charge on any atom is -0.467 e. The summed E-state index contributed by atoms with van der Waals surface area (Å²) in [6.45, 7) is 3.29. The van der Waals surface area contributed by atoms with Crippen LogP contribution in [-0.4, -0.2) is 47.4 Å². The third kappa shape index (κ3) is 5.87. The molecule has 0 saturated carbocycles. The molecule has 1 heterocycles. The summed E-state index contributed by atoms with van der Waals surface area (Å²) in [5, 5.41) is 7.64. The van der Waals surface area contributed by atoms with E-state index in [0.717, 1.165) is 4.68 Å². The van der Waals surface area contributed by atoms with Crippen molar-refractivity contribution in [3.63, 3.8) is 0 Å². The quantitative estimate of drug-likeness (QED) is 0.646. The number of rotatable bonds is 8. The van der Waals surface area contributed by atoms with Gasteiger partial charge >= 0.3 is 11.9 Å². The maximum atomic E-state index is 12.2. The first-order valence-electron chi connectivity index (χ1n) is 9.20. The highest BCUT2D eigenvalue weighted by molar-refractivity contribution is 5.88. The van der Waals surface area contributed by atoms with Gasteiger partial charge in [0, 0.05) is 12.4 Å². The number of nitrogens with one attached hydrogen (secondary N) is 1. The lowest BCUT2D eigenvalue weighted by atomic mass is 10.0. The van der Waals surface area contributed by atoms with Gasteiger partial charge < -0.3 is 14.8 Å². The predicted octanol–water partition coefficient (Wildman–Crippen LogP) is 0.723. The monoisotopic (exact) mass is 403 g/mol. The fourth-order valence-electron chi connectivity index (χ4n) is 2.90. The van der Waals surface area contributed by atoms with Gasteiger partial charge in [-0.25, -0.2) is 9.48 Å². The Morgan fingerprint density at radius 1 is 1.17 bits per heavy atom. The SMILES string of the molecule is COC(=O)[C@@H](CC(C)C)NC(=O)COC(=O)Cc1nn(C)c(=O)c2ccccc12. The van der Waals surface area contributed by atoms with E-state index >= 15 is 0 Å². The Labute approximate surface area is 168 Å². The Bertz CT molecular complexity index is 966. The predicted molar refractivity (Wildman–Crippen MR) is 105 cm³/mol. The molecule has 0 fully saturated rings. The zero-order valence-corrected chi connectivity index (χ0v) is 16.9. The highest BCUT2D eigenvalue weighted by atomic mass is 16.5. The number of fused-ring (bicyclic) bond motifs is 1. The summed E-state index contributed by atoms with van der Waals surface area (Å²) in [6, 6.07) is 6.02. The third-order valence-electron chi connectivity index (χ3n) is 4.24. The molecule has 156 valence electrons. The average molecular weight is 403 g/mol. The molecule has 9 heteroatoms. The van der Waals surface area contributed by atoms with Crippen molar-refractivity contribution in [3.05, 3.63) is 40.3 Å². The van der Waals surface area contributed by atoms with Gasteiger partial charge in [-0.1, -0.05) is 32.0 Å². The van der Waals surface area contributed by atoms with Crippen LogP contribution in [0.3, 0.4) is 0 Å². The number of esters is 2. The van der Waals surface area contributed by atoms with Crippen molar-refractivity contribution in [2.45, 2.75) is 32.7 Å². The summed E-state index contributed by atoms with van der Waals surface area (Å²) < 4.78 is 10.9. The van der Waals surface area contributed by atoms with Crippen LogP contribution in [0.25, 0.3) is 10.8 Å². The van der Waals surface area contributed by atoms with E-state index < -0.39 is 30.5 Å². The molecule has 0 aliphatic heterocycles. The van der Waals surface area contributed by atoms with Crippen LogP contribution in [-0.2, 0) is 37.3 Å². The number of ether oxygens (including phenoxy) is 2. The third-order valence-corrected chi connectivity index (χ3v) is 4.24. The molecule has 0 radical (unpaired) electrons. The van der Waals surface area contributed by atoms with E-state index in [1.54, 1.807) is 24.3 Å². The van der Waals surface area contributed by atoms with Gasteiger partial charge in [-0.3, -0.25) is 14.4 Å². The van der Waals surface area contributed by atoms with Crippen LogP contribution in [0.2, 0.25) is 0 Å². The summed E-state index contributed by atoms with van der Waals surface area (Å²) in [5.41, 5.74) is 0.108. The molecule has 2 aromatic rings. The highest BCUT2D eigenvalue weighted by Crippen LogP contribution is 2.14. The maximum absolute atomic E-state index is 12.2. The molecule has 0 bridgehead atoms. The molecule has 2 rings (SSSR count). The van der Waals surface area contributed by atoms with Crippen molar-refractivity contribution < 1.29 is 23.9 Å². The van der Waals surface area contributed by atoms with Gasteiger partial charge in [-0.2, -0.15) is 5.10 Å². The van der Waals surface area contributed by atoms with Crippen LogP contribution >= 0.6 is 0 Å². The fraction of sp³-hybridized carbons (Fsp3) is 0.450. The number of amides is 1. The standard InChI is InChI=1S/C20H25N3O6/c1-12(2)9-16(20(27)28-4)21-17(24)11-29-18(25)10-15-13-7-5-6-8-14(13)19(26)23(3)22-15/h5-8,12,16H,9-11H2,1-4H3,(H,21,24)/t16-/m1/s1. The Morgan fingerprint density at radius 2 is 1.83 bits per heavy atom. The second kappa shape index (κ2) is 9.81. The number of methoxy groups -OCH3 is 1. The zero-order chi connectivity index (χ0) is 21.6. The summed E-state index contributed by atoms with van der Waals surface area (Å²) in [4.78, 5) is 48.2. The van der Waals surface area contributed by atoms with Gasteiger partial charge in [0.1, 0.15) is 6.04 Å². The number of hydrogen-bond donors (Lipinski definition) is 1. The van der Waals surface area contributed by atoms with E-state index in [0.29, 0.717) is 22.9 Å². The molecule has 9 nitrogen and oxygen atoms in total. The molecule has 1 aromatic carbocycles. The highest BCUT2D eigenvalue weighted by Gasteiger charge is 2.23. The zero-order valence-electron chi connectivity index (χ0n) is 16.9. The van der Waals surface area contributed by atoms with Gasteiger partial charge in [0.05, 0.1) is 24.6 Å². The van der Waals surface area contributed by atoms with Crippen molar-refractivity contribution >= 4 is 28.6 Å². The summed E-state index contributed by atoms with van der Waals surface area (Å²) in [7, 11) is 2.74. The first-order valence-corrected chi connectivity index (χ1v) is 9.20. The summed E-state index contributed by atoms with van der Waals surface area (Å²) >= 11 is 0. The average Bonchev–Trinajstić information content (AvgIpc) is 2.69. The van der Waals surface area contributed by atoms with Crippen molar-refractivity contribution in [1.82, 2.24) is 15.1 Å². The second-order valence-electron chi connectivity index (χ2n) is 7.03. The molecule has 0 aliphatic rings. The lowest BCUT2D eigenvalue weighted by Gasteiger charge is -2.18. The van der Waals surface area contributed by atoms with Crippen LogP contribution in [0.15, 0.2) is 29.1 Å². The van der Waals surface area contributed by atoms with Crippen molar-refractivity contribution in [2.75, 3.05) is 13.7 Å². The topological polar surface area (TPSA) is 117 Å². The van der Waals surface area contributed by atoms with E-state index in [2.05, 4.69) is 15.2 Å². The van der Waals surface area contributed by atoms with Crippen LogP contribution in [0.5, 0.6) is 0 Å². The molecule has 1 amide bonds. The van der Waals surface area contributed by atoms with Crippen molar-refractivity contribution in [1.29, 1.82) is 0 Å². The number of hydrogen-bond acceptors (Lipinski definition) is 7. The van der Waals surface area contributed by atoms with E-state index in [1.165, 1.54) is 14.2 Å². The number of benzene rings is 1. The summed E-state index contributed by atoms with van der Waals surface area (Å²) in [6.07, 6.45) is 0.203. The Hall–Kier alpha value is -3.23. The number of nitrogens with zero attached hydrogens (tertiary/aromatic N) is 2. The van der Waals surface area contributed by atoms with Crippen LogP contribution in [0, 0.1) is 5.92 Å². The van der Waals surface area contributed by atoms with E-state index in [4.69, 9.17) is 4.74 Å². The number of aryl methyl sites for hydroxylation is 1. The normalized spacial score (nSPS) is 11.9. The smallest absolute Gasteiger partial charge is 0.328 e. The molecule has 1 N–H and O–H groups in total. The molecule has 1 atom stereocenters. The summed E-state index contributed by atoms with van der Waals surface area (Å²) in [5.74, 6) is -1.67. The minimum atomic E-state index is -0.805. The molecule has 29 heavy (non-hydrogen) atoms. The second-order valence-corrected chi connectivity index (χ2v) is 7.03. The lowest BCUT2D eigenvalue weighted by Crippen LogP contribution is -2.44. The Balaban J connectivity index is 2.00. The van der Waals surface area contributed by atoms with E-state index in [9.17, 15) is 19.2 Å². The van der Waals surface area contributed by atoms with Crippen LogP contribution in [0.4, 0.5) is 0 Å². The number of aromatic nitrogens is 2. The minimum absolute atomic E-state index is 0.158. The van der Waals surface area contributed by atoms with Gasteiger partial charge in [0.2, 0.25) is 0 Å².